The van der Waals surface area contributed by atoms with Gasteiger partial charge >= 0.3 is 5.97 Å². The largest absolute Gasteiger partial charge is 0.478 e. The minimum absolute atomic E-state index is 0.296. The highest BCUT2D eigenvalue weighted by Gasteiger charge is 2.22. The third-order valence-corrected chi connectivity index (χ3v) is 6.82. The Hall–Kier alpha value is -2.90. The number of aromatic nitrogens is 2. The standard InChI is InChI=1S/C25H28N4O2S/c1-28-13-11-21(12-14-28)29(2)23-16-22(19-8-4-3-5-9-19)26-25(27-23)32-17-18-7-6-10-20(15-18)24(30)31/h3-10,15-16,21H,11-14,17H2,1-2H3,(H,30,31). The van der Waals surface area contributed by atoms with E-state index in [0.717, 1.165) is 48.6 Å². The Bertz CT molecular complexity index is 1070. The Kier molecular flexibility index (Phi) is 7.07. The summed E-state index contributed by atoms with van der Waals surface area (Å²) < 4.78 is 0. The van der Waals surface area contributed by atoms with Gasteiger partial charge in [-0.05, 0) is 50.7 Å². The van der Waals surface area contributed by atoms with E-state index in [9.17, 15) is 9.90 Å². The van der Waals surface area contributed by atoms with Crippen LogP contribution in [0, 0.1) is 0 Å². The molecule has 1 aliphatic rings. The smallest absolute Gasteiger partial charge is 0.335 e. The van der Waals surface area contributed by atoms with E-state index in [0.29, 0.717) is 22.5 Å². The zero-order chi connectivity index (χ0) is 22.5. The first-order chi connectivity index (χ1) is 15.5. The number of hydrogen-bond donors (Lipinski definition) is 1. The molecule has 166 valence electrons. The average Bonchev–Trinajstić information content (AvgIpc) is 2.83. The fraction of sp³-hybridized carbons (Fsp3) is 0.320. The van der Waals surface area contributed by atoms with Crippen LogP contribution in [0.1, 0.15) is 28.8 Å². The molecule has 1 aliphatic heterocycles. The molecule has 0 unspecified atom stereocenters. The molecule has 0 saturated carbocycles. The number of hydrogen-bond acceptors (Lipinski definition) is 6. The first kappa shape index (κ1) is 22.3. The van der Waals surface area contributed by atoms with Crippen molar-refractivity contribution in [2.45, 2.75) is 29.8 Å². The molecule has 0 amide bonds. The quantitative estimate of drug-likeness (QED) is 0.416. The van der Waals surface area contributed by atoms with Gasteiger partial charge in [-0.1, -0.05) is 54.2 Å². The van der Waals surface area contributed by atoms with Crippen LogP contribution in [0.15, 0.2) is 65.8 Å². The molecule has 0 radical (unpaired) electrons. The normalized spacial score (nSPS) is 14.9. The van der Waals surface area contributed by atoms with Crippen molar-refractivity contribution in [3.8, 4) is 11.3 Å². The van der Waals surface area contributed by atoms with Crippen LogP contribution < -0.4 is 4.90 Å². The van der Waals surface area contributed by atoms with E-state index in [1.165, 1.54) is 11.8 Å². The molecule has 1 N–H and O–H groups in total. The van der Waals surface area contributed by atoms with Crippen molar-refractivity contribution in [2.24, 2.45) is 0 Å². The Morgan fingerprint density at radius 2 is 1.84 bits per heavy atom. The van der Waals surface area contributed by atoms with E-state index in [2.05, 4.69) is 42.1 Å². The minimum atomic E-state index is -0.916. The molecule has 0 bridgehead atoms. The molecule has 0 aliphatic carbocycles. The Balaban J connectivity index is 1.60. The first-order valence-electron chi connectivity index (χ1n) is 10.8. The lowest BCUT2D eigenvalue weighted by molar-refractivity contribution is 0.0696. The maximum Gasteiger partial charge on any atom is 0.335 e. The van der Waals surface area contributed by atoms with Crippen LogP contribution in [-0.2, 0) is 5.75 Å². The molecule has 1 saturated heterocycles. The monoisotopic (exact) mass is 448 g/mol. The molecule has 0 atom stereocenters. The van der Waals surface area contributed by atoms with Gasteiger partial charge in [0.1, 0.15) is 5.82 Å². The van der Waals surface area contributed by atoms with Crippen LogP contribution in [0.5, 0.6) is 0 Å². The lowest BCUT2D eigenvalue weighted by Gasteiger charge is -2.35. The maximum atomic E-state index is 11.3. The molecule has 7 heteroatoms. The summed E-state index contributed by atoms with van der Waals surface area (Å²) in [5.41, 5.74) is 3.19. The molecule has 6 nitrogen and oxygen atoms in total. The fourth-order valence-corrected chi connectivity index (χ4v) is 4.72. The zero-order valence-electron chi connectivity index (χ0n) is 18.4. The van der Waals surface area contributed by atoms with Crippen LogP contribution >= 0.6 is 11.8 Å². The zero-order valence-corrected chi connectivity index (χ0v) is 19.3. The highest BCUT2D eigenvalue weighted by atomic mass is 32.2. The van der Waals surface area contributed by atoms with Gasteiger partial charge in [-0.2, -0.15) is 0 Å². The number of anilines is 1. The number of carbonyl (C=O) groups is 1. The van der Waals surface area contributed by atoms with Gasteiger partial charge in [0.15, 0.2) is 5.16 Å². The van der Waals surface area contributed by atoms with Crippen molar-refractivity contribution >= 4 is 23.5 Å². The molecule has 4 rings (SSSR count). The van der Waals surface area contributed by atoms with Gasteiger partial charge in [-0.25, -0.2) is 14.8 Å². The van der Waals surface area contributed by atoms with Crippen LogP contribution in [0.2, 0.25) is 0 Å². The number of carboxylic acids is 1. The van der Waals surface area contributed by atoms with Gasteiger partial charge in [0.05, 0.1) is 11.3 Å². The number of carboxylic acid groups (broad SMARTS) is 1. The van der Waals surface area contributed by atoms with E-state index in [1.54, 1.807) is 18.2 Å². The van der Waals surface area contributed by atoms with Gasteiger partial charge in [-0.15, -0.1) is 0 Å². The molecular weight excluding hydrogens is 420 g/mol. The Morgan fingerprint density at radius 3 is 2.56 bits per heavy atom. The number of piperidine rings is 1. The third kappa shape index (κ3) is 5.47. The topological polar surface area (TPSA) is 69.6 Å². The summed E-state index contributed by atoms with van der Waals surface area (Å²) >= 11 is 1.53. The van der Waals surface area contributed by atoms with E-state index < -0.39 is 5.97 Å². The van der Waals surface area contributed by atoms with Crippen molar-refractivity contribution in [2.75, 3.05) is 32.1 Å². The summed E-state index contributed by atoms with van der Waals surface area (Å²) in [4.78, 5) is 25.6. The summed E-state index contributed by atoms with van der Waals surface area (Å²) in [6.45, 7) is 2.18. The number of nitrogens with zero attached hydrogens (tertiary/aromatic N) is 4. The number of aromatic carboxylic acids is 1. The summed E-state index contributed by atoms with van der Waals surface area (Å²) in [6, 6.07) is 19.7. The van der Waals surface area contributed by atoms with Crippen molar-refractivity contribution in [1.82, 2.24) is 14.9 Å². The SMILES string of the molecule is CN1CCC(N(C)c2cc(-c3ccccc3)nc(SCc3cccc(C(=O)O)c3)n2)CC1. The molecule has 2 heterocycles. The molecule has 32 heavy (non-hydrogen) atoms. The predicted molar refractivity (Wildman–Crippen MR) is 129 cm³/mol. The third-order valence-electron chi connectivity index (χ3n) is 5.90. The van der Waals surface area contributed by atoms with Gasteiger partial charge in [0.25, 0.3) is 0 Å². The molecule has 3 aromatic rings. The second kappa shape index (κ2) is 10.1. The van der Waals surface area contributed by atoms with Gasteiger partial charge in [0.2, 0.25) is 0 Å². The summed E-state index contributed by atoms with van der Waals surface area (Å²) in [7, 11) is 4.29. The van der Waals surface area contributed by atoms with Crippen molar-refractivity contribution in [3.63, 3.8) is 0 Å². The number of benzene rings is 2. The van der Waals surface area contributed by atoms with Crippen LogP contribution in [0.25, 0.3) is 11.3 Å². The number of likely N-dealkylation sites (tertiary alicyclic amines) is 1. The summed E-state index contributed by atoms with van der Waals surface area (Å²) in [5, 5.41) is 9.95. The van der Waals surface area contributed by atoms with Crippen LogP contribution in [0.4, 0.5) is 5.82 Å². The van der Waals surface area contributed by atoms with E-state index in [1.807, 2.05) is 24.3 Å². The Morgan fingerprint density at radius 1 is 1.09 bits per heavy atom. The second-order valence-electron chi connectivity index (χ2n) is 8.20. The molecule has 1 aromatic heterocycles. The first-order valence-corrected chi connectivity index (χ1v) is 11.8. The van der Waals surface area contributed by atoms with Gasteiger partial charge in [-0.3, -0.25) is 0 Å². The van der Waals surface area contributed by atoms with E-state index >= 15 is 0 Å². The van der Waals surface area contributed by atoms with Gasteiger partial charge < -0.3 is 14.9 Å². The van der Waals surface area contributed by atoms with E-state index in [-0.39, 0.29) is 0 Å². The van der Waals surface area contributed by atoms with Crippen LogP contribution in [0.3, 0.4) is 0 Å². The van der Waals surface area contributed by atoms with E-state index in [4.69, 9.17) is 9.97 Å². The number of thioether (sulfide) groups is 1. The second-order valence-corrected chi connectivity index (χ2v) is 9.14. The van der Waals surface area contributed by atoms with Crippen molar-refractivity contribution in [3.05, 3.63) is 71.8 Å². The summed E-state index contributed by atoms with van der Waals surface area (Å²) in [5.74, 6) is 0.618. The molecule has 1 fully saturated rings. The lowest BCUT2D eigenvalue weighted by atomic mass is 10.0. The minimum Gasteiger partial charge on any atom is -0.478 e. The van der Waals surface area contributed by atoms with Crippen molar-refractivity contribution < 1.29 is 9.90 Å². The maximum absolute atomic E-state index is 11.3. The fourth-order valence-electron chi connectivity index (χ4n) is 3.93. The lowest BCUT2D eigenvalue weighted by Crippen LogP contribution is -2.42. The average molecular weight is 449 g/mol. The molecular formula is C25H28N4O2S. The van der Waals surface area contributed by atoms with Crippen molar-refractivity contribution in [1.29, 1.82) is 0 Å². The van der Waals surface area contributed by atoms with Crippen LogP contribution in [-0.4, -0.2) is 59.2 Å². The summed E-state index contributed by atoms with van der Waals surface area (Å²) in [6.07, 6.45) is 2.23. The molecule has 0 spiro atoms. The highest BCUT2D eigenvalue weighted by molar-refractivity contribution is 7.98. The predicted octanol–water partition coefficient (Wildman–Crippen LogP) is 4.66. The number of rotatable bonds is 7. The van der Waals surface area contributed by atoms with Gasteiger partial charge in [0, 0.05) is 30.5 Å². The molecule has 2 aromatic carbocycles. The Labute approximate surface area is 193 Å². The highest BCUT2D eigenvalue weighted by Crippen LogP contribution is 2.29.